The molecule has 180 valence electrons. The van der Waals surface area contributed by atoms with E-state index in [4.69, 9.17) is 0 Å². The Morgan fingerprint density at radius 3 is 2.47 bits per heavy atom. The first-order valence-electron chi connectivity index (χ1n) is 9.30. The minimum Gasteiger partial charge on any atom is -0.470 e. The van der Waals surface area contributed by atoms with Gasteiger partial charge >= 0.3 is 12.1 Å². The number of ether oxygens (including phenoxy) is 1. The van der Waals surface area contributed by atoms with E-state index < -0.39 is 34.4 Å². The van der Waals surface area contributed by atoms with Gasteiger partial charge in [0.05, 0.1) is 29.4 Å². The highest BCUT2D eigenvalue weighted by molar-refractivity contribution is 7.91. The zero-order valence-electron chi connectivity index (χ0n) is 17.0. The predicted molar refractivity (Wildman–Crippen MR) is 103 cm³/mol. The topological polar surface area (TPSA) is 130 Å². The lowest BCUT2D eigenvalue weighted by atomic mass is 10.2. The second-order valence-corrected chi connectivity index (χ2v) is 8.90. The van der Waals surface area contributed by atoms with E-state index in [0.29, 0.717) is 0 Å². The number of alkyl halides is 5. The zero-order valence-corrected chi connectivity index (χ0v) is 17.8. The van der Waals surface area contributed by atoms with Crippen molar-refractivity contribution in [2.45, 2.75) is 24.0 Å². The van der Waals surface area contributed by atoms with Gasteiger partial charge in [-0.15, -0.1) is 0 Å². The molecule has 0 saturated carbocycles. The molecule has 4 aromatic rings. The van der Waals surface area contributed by atoms with Crippen molar-refractivity contribution in [2.75, 3.05) is 12.4 Å². The van der Waals surface area contributed by atoms with Crippen LogP contribution >= 0.6 is 0 Å². The van der Waals surface area contributed by atoms with Gasteiger partial charge in [0, 0.05) is 12.3 Å². The Labute approximate surface area is 187 Å². The van der Waals surface area contributed by atoms with Crippen LogP contribution in [0.4, 0.5) is 22.0 Å². The van der Waals surface area contributed by atoms with Gasteiger partial charge in [0.15, 0.2) is 32.9 Å². The Bertz CT molecular complexity index is 1420. The normalized spacial score (nSPS) is 12.9. The Hall–Kier alpha value is -3.76. The highest BCUT2D eigenvalue weighted by atomic mass is 32.2. The van der Waals surface area contributed by atoms with Crippen LogP contribution in [0.2, 0.25) is 0 Å². The average Bonchev–Trinajstić information content (AvgIpc) is 3.45. The molecule has 0 spiro atoms. The molecule has 17 heteroatoms. The summed E-state index contributed by atoms with van der Waals surface area (Å²) in [7, 11) is -3.89. The van der Waals surface area contributed by atoms with Crippen LogP contribution in [-0.4, -0.2) is 72.2 Å². The molecule has 0 amide bonds. The first-order valence-corrected chi connectivity index (χ1v) is 10.9. The van der Waals surface area contributed by atoms with Crippen LogP contribution in [0.1, 0.15) is 6.92 Å². The van der Waals surface area contributed by atoms with Crippen molar-refractivity contribution in [1.82, 2.24) is 39.3 Å². The van der Waals surface area contributed by atoms with Crippen molar-refractivity contribution in [2.24, 2.45) is 0 Å². The molecular weight excluding hydrogens is 491 g/mol. The standard InChI is InChI=1S/C17H13F5N8O3S/c1-2-34(31,32)15-13(14-27-11(3-4-29(14)28-15)30-9-23-8-26-30)10-5-25-12(6-24-10)33-7-16(18,19)17(20,21)22/h3-6,8-9H,2,7H2,1H3. The fraction of sp³-hybridized carbons (Fsp3) is 0.294. The summed E-state index contributed by atoms with van der Waals surface area (Å²) in [5.74, 6) is -5.75. The predicted octanol–water partition coefficient (Wildman–Crippen LogP) is 2.14. The molecule has 0 aliphatic heterocycles. The number of hydrogen-bond acceptors (Lipinski definition) is 9. The largest absolute Gasteiger partial charge is 0.470 e. The molecule has 0 saturated heterocycles. The molecule has 0 bridgehead atoms. The molecule has 34 heavy (non-hydrogen) atoms. The lowest BCUT2D eigenvalue weighted by Gasteiger charge is -2.19. The van der Waals surface area contributed by atoms with Gasteiger partial charge in [-0.25, -0.2) is 37.6 Å². The van der Waals surface area contributed by atoms with E-state index >= 15 is 0 Å². The smallest absolute Gasteiger partial charge is 0.456 e. The van der Waals surface area contributed by atoms with E-state index in [9.17, 15) is 30.4 Å². The van der Waals surface area contributed by atoms with Crippen LogP contribution in [0, 0.1) is 0 Å². The van der Waals surface area contributed by atoms with Gasteiger partial charge in [0.1, 0.15) is 12.7 Å². The monoisotopic (exact) mass is 504 g/mol. The lowest BCUT2D eigenvalue weighted by Crippen LogP contribution is -2.41. The minimum absolute atomic E-state index is 0.0478. The molecule has 0 N–H and O–H groups in total. The minimum atomic E-state index is -5.80. The highest BCUT2D eigenvalue weighted by Crippen LogP contribution is 2.36. The van der Waals surface area contributed by atoms with Crippen LogP contribution in [0.15, 0.2) is 42.3 Å². The van der Waals surface area contributed by atoms with E-state index in [1.165, 1.54) is 41.0 Å². The molecule has 0 aromatic carbocycles. The van der Waals surface area contributed by atoms with Crippen molar-refractivity contribution in [1.29, 1.82) is 0 Å². The molecule has 0 aliphatic carbocycles. The van der Waals surface area contributed by atoms with Gasteiger partial charge in [0.25, 0.3) is 0 Å². The third kappa shape index (κ3) is 4.25. The number of nitrogens with zero attached hydrogens (tertiary/aromatic N) is 8. The van der Waals surface area contributed by atoms with E-state index in [1.807, 2.05) is 0 Å². The molecule has 4 heterocycles. The summed E-state index contributed by atoms with van der Waals surface area (Å²) in [4.78, 5) is 15.8. The second kappa shape index (κ2) is 8.23. The highest BCUT2D eigenvalue weighted by Gasteiger charge is 2.58. The zero-order chi connectivity index (χ0) is 24.7. The summed E-state index contributed by atoms with van der Waals surface area (Å²) in [6.07, 6.45) is 0.00534. The van der Waals surface area contributed by atoms with Crippen LogP contribution in [0.5, 0.6) is 5.88 Å². The summed E-state index contributed by atoms with van der Waals surface area (Å²) in [6.45, 7) is -0.597. The van der Waals surface area contributed by atoms with E-state index in [-0.39, 0.29) is 33.5 Å². The number of rotatable bonds is 7. The summed E-state index contributed by atoms with van der Waals surface area (Å²) in [6, 6.07) is 1.50. The summed E-state index contributed by atoms with van der Waals surface area (Å²) in [5, 5.41) is 7.65. The van der Waals surface area contributed by atoms with E-state index in [0.717, 1.165) is 12.4 Å². The van der Waals surface area contributed by atoms with Crippen LogP contribution in [-0.2, 0) is 9.84 Å². The molecule has 4 rings (SSSR count). The fourth-order valence-corrected chi connectivity index (χ4v) is 3.69. The Morgan fingerprint density at radius 1 is 1.12 bits per heavy atom. The van der Waals surface area contributed by atoms with E-state index in [2.05, 4.69) is 34.9 Å². The third-order valence-corrected chi connectivity index (χ3v) is 6.10. The summed E-state index contributed by atoms with van der Waals surface area (Å²) in [5.41, 5.74) is -0.0877. The van der Waals surface area contributed by atoms with Crippen LogP contribution < -0.4 is 4.74 Å². The number of fused-ring (bicyclic) bond motifs is 1. The van der Waals surface area contributed by atoms with Gasteiger partial charge in [-0.1, -0.05) is 6.92 Å². The van der Waals surface area contributed by atoms with Gasteiger partial charge in [-0.05, 0) is 0 Å². The van der Waals surface area contributed by atoms with Gasteiger partial charge in [0.2, 0.25) is 5.88 Å². The fourth-order valence-electron chi connectivity index (χ4n) is 2.70. The van der Waals surface area contributed by atoms with Gasteiger partial charge < -0.3 is 4.74 Å². The third-order valence-electron chi connectivity index (χ3n) is 4.47. The van der Waals surface area contributed by atoms with Crippen molar-refractivity contribution >= 4 is 15.5 Å². The maximum Gasteiger partial charge on any atom is 0.456 e. The van der Waals surface area contributed by atoms with Gasteiger partial charge in [-0.3, -0.25) is 0 Å². The number of hydrogen-bond donors (Lipinski definition) is 0. The lowest BCUT2D eigenvalue weighted by molar-refractivity contribution is -0.290. The molecule has 0 atom stereocenters. The summed E-state index contributed by atoms with van der Waals surface area (Å²) >= 11 is 0. The van der Waals surface area contributed by atoms with Crippen molar-refractivity contribution < 1.29 is 35.1 Å². The van der Waals surface area contributed by atoms with Crippen molar-refractivity contribution in [3.63, 3.8) is 0 Å². The Balaban J connectivity index is 1.76. The van der Waals surface area contributed by atoms with Crippen LogP contribution in [0.25, 0.3) is 22.7 Å². The Morgan fingerprint density at radius 2 is 1.88 bits per heavy atom. The van der Waals surface area contributed by atoms with Crippen LogP contribution in [0.3, 0.4) is 0 Å². The maximum atomic E-state index is 13.1. The van der Waals surface area contributed by atoms with Crippen molar-refractivity contribution in [3.05, 3.63) is 37.3 Å². The van der Waals surface area contributed by atoms with Gasteiger partial charge in [-0.2, -0.15) is 32.1 Å². The van der Waals surface area contributed by atoms with Crippen molar-refractivity contribution in [3.8, 4) is 23.0 Å². The molecule has 0 unspecified atom stereocenters. The molecule has 0 radical (unpaired) electrons. The maximum absolute atomic E-state index is 13.1. The second-order valence-electron chi connectivity index (χ2n) is 6.71. The number of halogens is 5. The molecule has 11 nitrogen and oxygen atoms in total. The number of aromatic nitrogens is 8. The molecule has 0 aliphatic rings. The first-order chi connectivity index (χ1) is 15.9. The molecule has 0 fully saturated rings. The quantitative estimate of drug-likeness (QED) is 0.348. The average molecular weight is 504 g/mol. The SMILES string of the molecule is CCS(=O)(=O)c1nn2ccc(-n3cncn3)nc2c1-c1cnc(OCC(F)(F)C(F)(F)F)cn1. The molecule has 4 aromatic heterocycles. The Kier molecular flexibility index (Phi) is 5.66. The number of sulfone groups is 1. The first kappa shape index (κ1) is 23.4. The summed E-state index contributed by atoms with van der Waals surface area (Å²) < 4.78 is 95.3. The molecular formula is C17H13F5N8O3S. The van der Waals surface area contributed by atoms with E-state index in [1.54, 1.807) is 0 Å².